The standard InChI is InChI=1S/C21H19ClFNO4.C19H15ClFNO4/c1-2-28-21(27)16-11-14(8-9-25)18-7-6-13(12-24(18)20(16)26)10-15-4-3-5-17(22)19(15)23;20-15-3-1-2-13(17(15)21)8-11-4-5-16-12(6-7-23)9-14(19(25)26)18(24)22(16)10-11/h3-7,11-12,25H,2,8-10H2,1H3;1-5,9-10,23H,6-8H2,(H,25,26). The topological polar surface area (TPSA) is 147 Å². The van der Waals surface area contributed by atoms with Crippen LogP contribution in [0.3, 0.4) is 0 Å². The van der Waals surface area contributed by atoms with Gasteiger partial charge in [0.25, 0.3) is 11.1 Å². The molecule has 54 heavy (non-hydrogen) atoms. The Hall–Kier alpha value is -5.40. The Balaban J connectivity index is 0.000000208. The van der Waals surface area contributed by atoms with Crippen LogP contribution in [0.1, 0.15) is 61.0 Å². The molecule has 0 radical (unpaired) electrons. The van der Waals surface area contributed by atoms with Gasteiger partial charge < -0.3 is 20.1 Å². The number of carbonyl (C=O) groups is 2. The van der Waals surface area contributed by atoms with E-state index in [1.165, 1.54) is 39.3 Å². The Kier molecular flexibility index (Phi) is 13.0. The lowest BCUT2D eigenvalue weighted by molar-refractivity contribution is 0.0523. The third-order valence-electron chi connectivity index (χ3n) is 8.55. The molecule has 4 aromatic heterocycles. The van der Waals surface area contributed by atoms with Crippen molar-refractivity contribution >= 4 is 46.2 Å². The lowest BCUT2D eigenvalue weighted by Gasteiger charge is -2.12. The molecule has 0 aliphatic heterocycles. The van der Waals surface area contributed by atoms with E-state index in [-0.39, 0.29) is 66.7 Å². The number of ether oxygens (including phenoxy) is 1. The van der Waals surface area contributed by atoms with E-state index in [2.05, 4.69) is 0 Å². The highest BCUT2D eigenvalue weighted by Gasteiger charge is 2.18. The molecule has 14 heteroatoms. The summed E-state index contributed by atoms with van der Waals surface area (Å²) in [6.45, 7) is 1.49. The number of rotatable bonds is 11. The molecule has 4 heterocycles. The molecule has 2 aromatic carbocycles. The van der Waals surface area contributed by atoms with Crippen molar-refractivity contribution in [2.75, 3.05) is 19.8 Å². The van der Waals surface area contributed by atoms with Gasteiger partial charge in [-0.2, -0.15) is 0 Å². The van der Waals surface area contributed by atoms with Crippen LogP contribution in [0.2, 0.25) is 10.0 Å². The van der Waals surface area contributed by atoms with Crippen molar-refractivity contribution in [2.45, 2.75) is 32.6 Å². The first-order valence-corrected chi connectivity index (χ1v) is 17.5. The number of hydrogen-bond donors (Lipinski definition) is 3. The number of fused-ring (bicyclic) bond motifs is 2. The van der Waals surface area contributed by atoms with Crippen molar-refractivity contribution in [2.24, 2.45) is 0 Å². The van der Waals surface area contributed by atoms with Crippen LogP contribution in [0.4, 0.5) is 8.78 Å². The van der Waals surface area contributed by atoms with E-state index in [1.807, 2.05) is 0 Å². The molecule has 0 amide bonds. The van der Waals surface area contributed by atoms with Gasteiger partial charge in [-0.3, -0.25) is 18.4 Å². The molecule has 0 bridgehead atoms. The number of pyridine rings is 4. The molecular formula is C40H34Cl2F2N2O8. The van der Waals surface area contributed by atoms with Gasteiger partial charge in [0.15, 0.2) is 0 Å². The fourth-order valence-electron chi connectivity index (χ4n) is 6.00. The molecule has 0 aliphatic carbocycles. The average Bonchev–Trinajstić information content (AvgIpc) is 3.15. The fraction of sp³-hybridized carbons (Fsp3) is 0.200. The quantitative estimate of drug-likeness (QED) is 0.130. The summed E-state index contributed by atoms with van der Waals surface area (Å²) in [5, 5.41) is 27.8. The lowest BCUT2D eigenvalue weighted by atomic mass is 10.0. The monoisotopic (exact) mass is 778 g/mol. The van der Waals surface area contributed by atoms with Gasteiger partial charge in [-0.15, -0.1) is 0 Å². The smallest absolute Gasteiger partial charge is 0.343 e. The maximum absolute atomic E-state index is 14.2. The Morgan fingerprint density at radius 2 is 1.13 bits per heavy atom. The molecular weight excluding hydrogens is 745 g/mol. The number of nitrogens with zero attached hydrogens (tertiary/aromatic N) is 2. The Bertz CT molecular complexity index is 2500. The summed E-state index contributed by atoms with van der Waals surface area (Å²) in [4.78, 5) is 48.8. The molecule has 3 N–H and O–H groups in total. The van der Waals surface area contributed by atoms with Crippen LogP contribution in [-0.4, -0.2) is 55.9 Å². The summed E-state index contributed by atoms with van der Waals surface area (Å²) in [6, 6.07) is 19.1. The third-order valence-corrected chi connectivity index (χ3v) is 9.14. The summed E-state index contributed by atoms with van der Waals surface area (Å²) < 4.78 is 35.9. The second kappa shape index (κ2) is 17.6. The van der Waals surface area contributed by atoms with Crippen LogP contribution in [0.25, 0.3) is 11.0 Å². The van der Waals surface area contributed by atoms with E-state index in [9.17, 15) is 43.3 Å². The predicted molar refractivity (Wildman–Crippen MR) is 200 cm³/mol. The molecule has 280 valence electrons. The SMILES string of the molecule is CCOC(=O)c1cc(CCO)c2ccc(Cc3cccc(Cl)c3F)cn2c1=O.O=C(O)c1cc(CCO)c2ccc(Cc3cccc(Cl)c3F)cn2c1=O. The van der Waals surface area contributed by atoms with Crippen LogP contribution in [0.15, 0.2) is 94.8 Å². The van der Waals surface area contributed by atoms with Crippen molar-refractivity contribution < 1.29 is 38.4 Å². The number of carboxylic acid groups (broad SMARTS) is 1. The van der Waals surface area contributed by atoms with Gasteiger partial charge in [-0.05, 0) is 89.5 Å². The van der Waals surface area contributed by atoms with Gasteiger partial charge in [0.1, 0.15) is 22.8 Å². The van der Waals surface area contributed by atoms with Gasteiger partial charge >= 0.3 is 11.9 Å². The second-order valence-electron chi connectivity index (χ2n) is 12.1. The van der Waals surface area contributed by atoms with Crippen molar-refractivity contribution in [1.29, 1.82) is 0 Å². The van der Waals surface area contributed by atoms with E-state index in [0.717, 1.165) is 0 Å². The minimum Gasteiger partial charge on any atom is -0.477 e. The normalized spacial score (nSPS) is 11.0. The molecule has 10 nitrogen and oxygen atoms in total. The van der Waals surface area contributed by atoms with Gasteiger partial charge in [-0.25, -0.2) is 18.4 Å². The number of benzene rings is 2. The molecule has 0 fully saturated rings. The van der Waals surface area contributed by atoms with Crippen LogP contribution in [-0.2, 0) is 30.4 Å². The van der Waals surface area contributed by atoms with Gasteiger partial charge in [-0.1, -0.05) is 59.6 Å². The third kappa shape index (κ3) is 8.69. The summed E-state index contributed by atoms with van der Waals surface area (Å²) in [6.07, 6.45) is 3.98. The van der Waals surface area contributed by atoms with Crippen molar-refractivity contribution in [1.82, 2.24) is 8.80 Å². The van der Waals surface area contributed by atoms with E-state index in [1.54, 1.807) is 61.7 Å². The summed E-state index contributed by atoms with van der Waals surface area (Å²) in [5.41, 5.74) is 2.65. The average molecular weight is 780 g/mol. The van der Waals surface area contributed by atoms with E-state index in [4.69, 9.17) is 27.9 Å². The Morgan fingerprint density at radius 3 is 1.56 bits per heavy atom. The van der Waals surface area contributed by atoms with E-state index < -0.39 is 34.7 Å². The highest BCUT2D eigenvalue weighted by atomic mass is 35.5. The number of hydrogen-bond acceptors (Lipinski definition) is 7. The van der Waals surface area contributed by atoms with Crippen molar-refractivity contribution in [3.63, 3.8) is 0 Å². The zero-order valence-corrected chi connectivity index (χ0v) is 30.3. The van der Waals surface area contributed by atoms with Crippen molar-refractivity contribution in [3.05, 3.63) is 172 Å². The molecule has 0 unspecified atom stereocenters. The lowest BCUT2D eigenvalue weighted by Crippen LogP contribution is -2.25. The first kappa shape index (κ1) is 39.8. The largest absolute Gasteiger partial charge is 0.477 e. The number of aliphatic hydroxyl groups excluding tert-OH is 2. The van der Waals surface area contributed by atoms with Crippen LogP contribution in [0, 0.1) is 11.6 Å². The molecule has 0 spiro atoms. The second-order valence-corrected chi connectivity index (χ2v) is 12.9. The zero-order chi connectivity index (χ0) is 39.1. The maximum atomic E-state index is 14.2. The first-order chi connectivity index (χ1) is 25.9. The number of carboxylic acids is 1. The molecule has 0 aliphatic rings. The van der Waals surface area contributed by atoms with E-state index in [0.29, 0.717) is 44.4 Å². The van der Waals surface area contributed by atoms with E-state index >= 15 is 0 Å². The van der Waals surface area contributed by atoms with Gasteiger partial charge in [0, 0.05) is 38.4 Å². The molecule has 6 aromatic rings. The maximum Gasteiger partial charge on any atom is 0.343 e. The number of aliphatic hydroxyl groups is 2. The van der Waals surface area contributed by atoms with Crippen LogP contribution in [0.5, 0.6) is 0 Å². The Labute approximate surface area is 317 Å². The van der Waals surface area contributed by atoms with Crippen LogP contribution >= 0.6 is 23.2 Å². The predicted octanol–water partition coefficient (Wildman–Crippen LogP) is 6.31. The summed E-state index contributed by atoms with van der Waals surface area (Å²) >= 11 is 11.6. The minimum atomic E-state index is -1.34. The Morgan fingerprint density at radius 1 is 0.685 bits per heavy atom. The highest BCUT2D eigenvalue weighted by molar-refractivity contribution is 6.31. The molecule has 6 rings (SSSR count). The number of carbonyl (C=O) groups excluding carboxylic acids is 1. The highest BCUT2D eigenvalue weighted by Crippen LogP contribution is 2.23. The van der Waals surface area contributed by atoms with Gasteiger partial charge in [0.05, 0.1) is 27.7 Å². The fourth-order valence-corrected chi connectivity index (χ4v) is 6.39. The first-order valence-electron chi connectivity index (χ1n) is 16.7. The summed E-state index contributed by atoms with van der Waals surface area (Å²) in [5.74, 6) is -3.08. The molecule has 0 saturated heterocycles. The number of aromatic nitrogens is 2. The number of esters is 1. The number of aromatic carboxylic acids is 1. The zero-order valence-electron chi connectivity index (χ0n) is 28.8. The van der Waals surface area contributed by atoms with Crippen LogP contribution < -0.4 is 11.1 Å². The molecule has 0 atom stereocenters. The van der Waals surface area contributed by atoms with Gasteiger partial charge in [0.2, 0.25) is 0 Å². The summed E-state index contributed by atoms with van der Waals surface area (Å²) in [7, 11) is 0. The number of halogens is 4. The minimum absolute atomic E-state index is 0.0128. The van der Waals surface area contributed by atoms with Crippen molar-refractivity contribution in [3.8, 4) is 0 Å². The molecule has 0 saturated carbocycles.